The van der Waals surface area contributed by atoms with Crippen molar-refractivity contribution in [3.8, 4) is 11.4 Å². The van der Waals surface area contributed by atoms with E-state index in [4.69, 9.17) is 21.4 Å². The summed E-state index contributed by atoms with van der Waals surface area (Å²) in [6.07, 6.45) is 5.45. The zero-order valence-corrected chi connectivity index (χ0v) is 17.3. The number of benzene rings is 1. The molecule has 0 aliphatic carbocycles. The Bertz CT molecular complexity index is 1140. The lowest BCUT2D eigenvalue weighted by Crippen LogP contribution is -2.37. The first kappa shape index (κ1) is 20.8. The van der Waals surface area contributed by atoms with Gasteiger partial charge in [0.2, 0.25) is 0 Å². The van der Waals surface area contributed by atoms with Gasteiger partial charge < -0.3 is 14.7 Å². The highest BCUT2D eigenvalue weighted by atomic mass is 35.5. The molecule has 0 saturated heterocycles. The van der Waals surface area contributed by atoms with E-state index in [9.17, 15) is 9.18 Å². The molecule has 0 radical (unpaired) electrons. The molecule has 2 aromatic heterocycles. The average Bonchev–Trinajstić information content (AvgIpc) is 3.28. The fraction of sp³-hybridized carbons (Fsp3) is 0.238. The molecule has 3 aromatic rings. The fourth-order valence-electron chi connectivity index (χ4n) is 3.44. The van der Waals surface area contributed by atoms with Gasteiger partial charge in [-0.05, 0) is 35.3 Å². The molecule has 4 rings (SSSR count). The molecule has 0 bridgehead atoms. The van der Waals surface area contributed by atoms with E-state index in [-0.39, 0.29) is 18.3 Å². The average molecular weight is 444 g/mol. The summed E-state index contributed by atoms with van der Waals surface area (Å²) in [4.78, 5) is 20.7. The van der Waals surface area contributed by atoms with E-state index in [1.54, 1.807) is 18.3 Å². The van der Waals surface area contributed by atoms with Gasteiger partial charge in [-0.15, -0.1) is 0 Å². The highest BCUT2D eigenvalue weighted by Gasteiger charge is 2.23. The lowest BCUT2D eigenvalue weighted by atomic mass is 9.91. The maximum Gasteiger partial charge on any atom is 0.407 e. The third-order valence-electron chi connectivity index (χ3n) is 5.04. The van der Waals surface area contributed by atoms with Crippen LogP contribution in [0.15, 0.2) is 49.2 Å². The van der Waals surface area contributed by atoms with Crippen molar-refractivity contribution in [2.45, 2.75) is 13.5 Å². The Morgan fingerprint density at radius 2 is 2.23 bits per heavy atom. The second-order valence-electron chi connectivity index (χ2n) is 7.14. The maximum absolute atomic E-state index is 14.4. The van der Waals surface area contributed by atoms with Gasteiger partial charge in [0.25, 0.3) is 0 Å². The number of ether oxygens (including phenoxy) is 1. The summed E-state index contributed by atoms with van der Waals surface area (Å²) in [5, 5.41) is 13.5. The van der Waals surface area contributed by atoms with Crippen LogP contribution in [-0.4, -0.2) is 48.9 Å². The van der Waals surface area contributed by atoms with Gasteiger partial charge >= 0.3 is 6.09 Å². The lowest BCUT2D eigenvalue weighted by Gasteiger charge is -2.29. The largest absolute Gasteiger partial charge is 0.484 e. The summed E-state index contributed by atoms with van der Waals surface area (Å²) >= 11 is 6.39. The molecule has 1 unspecified atom stereocenters. The smallest absolute Gasteiger partial charge is 0.407 e. The molecule has 0 fully saturated rings. The SMILES string of the molecule is CC1CN(C(=O)O)CC=C1c1cnc(COc2ccc(-n3cncn3)cc2F)c(Cl)c1. The number of halogens is 2. The molecular formula is C21H19ClFN5O3. The van der Waals surface area contributed by atoms with Crippen LogP contribution in [0.25, 0.3) is 11.3 Å². The first-order valence-corrected chi connectivity index (χ1v) is 9.90. The van der Waals surface area contributed by atoms with Gasteiger partial charge in [-0.3, -0.25) is 4.98 Å². The molecule has 31 heavy (non-hydrogen) atoms. The maximum atomic E-state index is 14.4. The third kappa shape index (κ3) is 4.51. The van der Waals surface area contributed by atoms with Crippen molar-refractivity contribution in [3.05, 3.63) is 71.3 Å². The van der Waals surface area contributed by atoms with Crippen molar-refractivity contribution < 1.29 is 19.0 Å². The number of hydrogen-bond acceptors (Lipinski definition) is 5. The molecule has 8 nitrogen and oxygen atoms in total. The van der Waals surface area contributed by atoms with Crippen LogP contribution in [0.1, 0.15) is 18.2 Å². The van der Waals surface area contributed by atoms with Crippen molar-refractivity contribution in [2.24, 2.45) is 5.92 Å². The van der Waals surface area contributed by atoms with E-state index in [2.05, 4.69) is 15.1 Å². The normalized spacial score (nSPS) is 16.2. The second-order valence-corrected chi connectivity index (χ2v) is 7.55. The number of hydrogen-bond donors (Lipinski definition) is 1. The number of amides is 1. The molecule has 0 spiro atoms. The van der Waals surface area contributed by atoms with Crippen LogP contribution in [0.5, 0.6) is 5.75 Å². The fourth-order valence-corrected chi connectivity index (χ4v) is 3.66. The number of carbonyl (C=O) groups is 1. The molecular weight excluding hydrogens is 425 g/mol. The van der Waals surface area contributed by atoms with Gasteiger partial charge in [-0.1, -0.05) is 24.6 Å². The van der Waals surface area contributed by atoms with Gasteiger partial charge in [-0.25, -0.2) is 18.9 Å². The minimum Gasteiger partial charge on any atom is -0.484 e. The molecule has 1 aliphatic rings. The standard InChI is InChI=1S/C21H19ClFN5O3/c1-13-9-27(21(29)30)5-4-16(13)14-6-17(22)19(25-8-14)10-31-20-3-2-15(7-18(20)23)28-12-24-11-26-28/h2-4,6-8,11-13H,5,9-10H2,1H3,(H,29,30). The minimum absolute atomic E-state index is 0.0000978. The Morgan fingerprint density at radius 1 is 1.39 bits per heavy atom. The molecule has 10 heteroatoms. The number of aromatic nitrogens is 4. The molecule has 1 aliphatic heterocycles. The highest BCUT2D eigenvalue weighted by molar-refractivity contribution is 6.31. The van der Waals surface area contributed by atoms with E-state index < -0.39 is 11.9 Å². The van der Waals surface area contributed by atoms with E-state index in [1.807, 2.05) is 13.0 Å². The number of carboxylic acid groups (broad SMARTS) is 1. The van der Waals surface area contributed by atoms with Crippen LogP contribution in [0, 0.1) is 11.7 Å². The Morgan fingerprint density at radius 3 is 2.87 bits per heavy atom. The summed E-state index contributed by atoms with van der Waals surface area (Å²) < 4.78 is 21.4. The van der Waals surface area contributed by atoms with Crippen molar-refractivity contribution in [1.29, 1.82) is 0 Å². The Hall–Kier alpha value is -3.46. The summed E-state index contributed by atoms with van der Waals surface area (Å²) in [5.74, 6) is -0.449. The monoisotopic (exact) mass is 443 g/mol. The number of rotatable bonds is 5. The van der Waals surface area contributed by atoms with Crippen LogP contribution in [0.2, 0.25) is 5.02 Å². The summed E-state index contributed by atoms with van der Waals surface area (Å²) in [5.41, 5.74) is 2.82. The van der Waals surface area contributed by atoms with Gasteiger partial charge in [0.1, 0.15) is 19.3 Å². The predicted molar refractivity (Wildman–Crippen MR) is 112 cm³/mol. The molecule has 1 atom stereocenters. The quantitative estimate of drug-likeness (QED) is 0.639. The Labute approximate surface area is 182 Å². The van der Waals surface area contributed by atoms with Crippen LogP contribution in [0.3, 0.4) is 0 Å². The van der Waals surface area contributed by atoms with Crippen LogP contribution in [-0.2, 0) is 6.61 Å². The van der Waals surface area contributed by atoms with Crippen molar-refractivity contribution >= 4 is 23.3 Å². The van der Waals surface area contributed by atoms with Gasteiger partial charge in [-0.2, -0.15) is 5.10 Å². The first-order valence-electron chi connectivity index (χ1n) is 9.52. The summed E-state index contributed by atoms with van der Waals surface area (Å²) in [7, 11) is 0. The van der Waals surface area contributed by atoms with Crippen molar-refractivity contribution in [3.63, 3.8) is 0 Å². The van der Waals surface area contributed by atoms with Crippen LogP contribution < -0.4 is 4.74 Å². The van der Waals surface area contributed by atoms with Gasteiger partial charge in [0.15, 0.2) is 11.6 Å². The molecule has 160 valence electrons. The van der Waals surface area contributed by atoms with E-state index in [0.29, 0.717) is 29.5 Å². The molecule has 1 N–H and O–H groups in total. The topological polar surface area (TPSA) is 93.4 Å². The molecule has 0 saturated carbocycles. The van der Waals surface area contributed by atoms with E-state index in [0.717, 1.165) is 11.1 Å². The number of nitrogens with zero attached hydrogens (tertiary/aromatic N) is 5. The zero-order chi connectivity index (χ0) is 22.0. The van der Waals surface area contributed by atoms with E-state index >= 15 is 0 Å². The van der Waals surface area contributed by atoms with Crippen LogP contribution >= 0.6 is 11.6 Å². The van der Waals surface area contributed by atoms with E-state index in [1.165, 1.54) is 34.4 Å². The Kier molecular flexibility index (Phi) is 5.85. The Balaban J connectivity index is 1.45. The number of pyridine rings is 1. The molecule has 1 aromatic carbocycles. The minimum atomic E-state index is -0.938. The van der Waals surface area contributed by atoms with Crippen LogP contribution in [0.4, 0.5) is 9.18 Å². The summed E-state index contributed by atoms with van der Waals surface area (Å²) in [6, 6.07) is 6.26. The highest BCUT2D eigenvalue weighted by Crippen LogP contribution is 2.30. The molecule has 1 amide bonds. The van der Waals surface area contributed by atoms with Crippen molar-refractivity contribution in [2.75, 3.05) is 13.1 Å². The predicted octanol–water partition coefficient (Wildman–Crippen LogP) is 4.05. The lowest BCUT2D eigenvalue weighted by molar-refractivity contribution is 0.145. The van der Waals surface area contributed by atoms with Gasteiger partial charge in [0.05, 0.1) is 16.4 Å². The second kappa shape index (κ2) is 8.73. The summed E-state index contributed by atoms with van der Waals surface area (Å²) in [6.45, 7) is 2.69. The zero-order valence-electron chi connectivity index (χ0n) is 16.6. The van der Waals surface area contributed by atoms with Crippen molar-refractivity contribution in [1.82, 2.24) is 24.6 Å². The molecule has 3 heterocycles. The first-order chi connectivity index (χ1) is 14.9. The van der Waals surface area contributed by atoms with Gasteiger partial charge in [0, 0.05) is 25.4 Å². The third-order valence-corrected chi connectivity index (χ3v) is 5.37.